The van der Waals surface area contributed by atoms with Gasteiger partial charge in [-0.2, -0.15) is 0 Å². The molecule has 1 N–H and O–H groups in total. The van der Waals surface area contributed by atoms with Crippen molar-refractivity contribution in [1.29, 1.82) is 0 Å². The number of hydrogen-bond acceptors (Lipinski definition) is 8. The molecule has 230 valence electrons. The number of rotatable bonds is 9. The smallest absolute Gasteiger partial charge is 0.229 e. The zero-order valence-electron chi connectivity index (χ0n) is 25.5. The fraction of sp³-hybridized carbons (Fsp3) is 0.452. The molecule has 1 saturated heterocycles. The van der Waals surface area contributed by atoms with Crippen molar-refractivity contribution >= 4 is 28.7 Å². The van der Waals surface area contributed by atoms with E-state index in [0.29, 0.717) is 42.4 Å². The first-order chi connectivity index (χ1) is 20.4. The highest BCUT2D eigenvalue weighted by Crippen LogP contribution is 2.30. The summed E-state index contributed by atoms with van der Waals surface area (Å²) in [6.07, 6.45) is 3.60. The zero-order chi connectivity index (χ0) is 30.9. The number of morpholine rings is 1. The van der Waals surface area contributed by atoms with Crippen molar-refractivity contribution in [2.45, 2.75) is 59.2 Å². The Morgan fingerprint density at radius 3 is 2.67 bits per heavy atom. The minimum absolute atomic E-state index is 0. The third kappa shape index (κ3) is 6.80. The Bertz CT molecular complexity index is 1630. The molecule has 1 amide bonds. The highest BCUT2D eigenvalue weighted by atomic mass is 19.1. The lowest BCUT2D eigenvalue weighted by Gasteiger charge is -2.41. The van der Waals surface area contributed by atoms with E-state index in [9.17, 15) is 9.18 Å². The van der Waals surface area contributed by atoms with Gasteiger partial charge in [-0.15, -0.1) is 0 Å². The Hall–Kier alpha value is -4.03. The molecule has 1 aliphatic rings. The predicted octanol–water partition coefficient (Wildman–Crippen LogP) is 5.50. The predicted molar refractivity (Wildman–Crippen MR) is 163 cm³/mol. The molecule has 1 aliphatic heterocycles. The van der Waals surface area contributed by atoms with E-state index in [1.54, 1.807) is 31.1 Å². The number of nitrogens with zero attached hydrogens (tertiary/aromatic N) is 7. The summed E-state index contributed by atoms with van der Waals surface area (Å²) in [5, 5.41) is 3.03. The highest BCUT2D eigenvalue weighted by molar-refractivity contribution is 5.83. The largest absolute Gasteiger partial charge is 0.373 e. The van der Waals surface area contributed by atoms with E-state index in [0.717, 1.165) is 31.3 Å². The molecule has 0 saturated carbocycles. The van der Waals surface area contributed by atoms with E-state index >= 15 is 4.39 Å². The average Bonchev–Trinajstić information content (AvgIpc) is 3.30. The van der Waals surface area contributed by atoms with Crippen LogP contribution >= 0.6 is 0 Å². The van der Waals surface area contributed by atoms with Crippen LogP contribution in [0.2, 0.25) is 0 Å². The molecule has 43 heavy (non-hydrogen) atoms. The van der Waals surface area contributed by atoms with Gasteiger partial charge in [0.05, 0.1) is 23.9 Å². The summed E-state index contributed by atoms with van der Waals surface area (Å²) in [7, 11) is 1.80. The molecule has 4 aromatic rings. The van der Waals surface area contributed by atoms with Gasteiger partial charge < -0.3 is 19.5 Å². The van der Waals surface area contributed by atoms with Gasteiger partial charge in [-0.05, 0) is 57.9 Å². The molecule has 1 atom stereocenters. The molecule has 0 bridgehead atoms. The van der Waals surface area contributed by atoms with Crippen LogP contribution in [0.1, 0.15) is 53.0 Å². The van der Waals surface area contributed by atoms with Crippen molar-refractivity contribution in [2.24, 2.45) is 0 Å². The number of amides is 1. The molecule has 0 radical (unpaired) electrons. The second-order valence-electron chi connectivity index (χ2n) is 11.7. The lowest BCUT2D eigenvalue weighted by Crippen LogP contribution is -2.51. The van der Waals surface area contributed by atoms with Gasteiger partial charge in [0, 0.05) is 59.4 Å². The molecule has 0 aliphatic carbocycles. The monoisotopic (exact) mass is 594 g/mol. The molecule has 5 rings (SSSR count). The van der Waals surface area contributed by atoms with Gasteiger partial charge >= 0.3 is 0 Å². The number of benzene rings is 1. The fourth-order valence-corrected chi connectivity index (χ4v) is 5.52. The molecular weight excluding hydrogens is 554 g/mol. The summed E-state index contributed by atoms with van der Waals surface area (Å²) in [5.74, 6) is 0.162. The van der Waals surface area contributed by atoms with E-state index < -0.39 is 11.6 Å². The van der Waals surface area contributed by atoms with Crippen LogP contribution in [0.3, 0.4) is 0 Å². The number of carbonyl (C=O) groups is 1. The minimum atomic E-state index is -0.662. The second-order valence-corrected chi connectivity index (χ2v) is 11.7. The molecule has 3 aromatic heterocycles. The van der Waals surface area contributed by atoms with E-state index in [-0.39, 0.29) is 36.1 Å². The molecule has 10 nitrogen and oxygen atoms in total. The van der Waals surface area contributed by atoms with Crippen molar-refractivity contribution in [2.75, 3.05) is 38.6 Å². The number of fused-ring (bicyclic) bond motifs is 1. The van der Waals surface area contributed by atoms with Crippen molar-refractivity contribution in [3.8, 4) is 11.3 Å². The van der Waals surface area contributed by atoms with Gasteiger partial charge in [0.25, 0.3) is 0 Å². The SMILES string of the molecule is CC(=O)N(C)CC[C@]1(C)CN(Cc2ccc(Nc3ncc(F)c(-c4cc(F)c5nc(C)n(C(C)C)c5c4)n3)nc2)CCO1.[HH]. The normalized spacial score (nSPS) is 17.5. The van der Waals surface area contributed by atoms with E-state index in [1.807, 2.05) is 37.5 Å². The first-order valence-electron chi connectivity index (χ1n) is 14.4. The summed E-state index contributed by atoms with van der Waals surface area (Å²) in [4.78, 5) is 32.9. The molecule has 4 heterocycles. The summed E-state index contributed by atoms with van der Waals surface area (Å²) < 4.78 is 37.9. The van der Waals surface area contributed by atoms with Crippen molar-refractivity contribution in [3.05, 3.63) is 59.7 Å². The lowest BCUT2D eigenvalue weighted by molar-refractivity contribution is -0.130. The number of imidazole rings is 1. The molecule has 0 spiro atoms. The molecule has 1 fully saturated rings. The summed E-state index contributed by atoms with van der Waals surface area (Å²) in [6, 6.07) is 6.79. The lowest BCUT2D eigenvalue weighted by atomic mass is 9.99. The Morgan fingerprint density at radius 2 is 1.98 bits per heavy atom. The number of halogens is 2. The highest BCUT2D eigenvalue weighted by Gasteiger charge is 2.32. The molecular formula is C31H40F2N8O2. The van der Waals surface area contributed by atoms with Crippen molar-refractivity contribution in [3.63, 3.8) is 0 Å². The number of aryl methyl sites for hydroxylation is 1. The van der Waals surface area contributed by atoms with Gasteiger partial charge in [-0.25, -0.2) is 28.7 Å². The average molecular weight is 595 g/mol. The Labute approximate surface area is 251 Å². The minimum Gasteiger partial charge on any atom is -0.373 e. The van der Waals surface area contributed by atoms with Gasteiger partial charge in [-0.3, -0.25) is 9.69 Å². The van der Waals surface area contributed by atoms with Crippen LogP contribution in [-0.4, -0.2) is 79.1 Å². The first kappa shape index (κ1) is 30.4. The van der Waals surface area contributed by atoms with Crippen LogP contribution in [0, 0.1) is 18.6 Å². The van der Waals surface area contributed by atoms with Crippen LogP contribution in [0.4, 0.5) is 20.5 Å². The number of nitrogens with one attached hydrogen (secondary N) is 1. The van der Waals surface area contributed by atoms with Gasteiger partial charge in [0.2, 0.25) is 11.9 Å². The topological polar surface area (TPSA) is 101 Å². The maximum absolute atomic E-state index is 15.0. The van der Waals surface area contributed by atoms with Crippen LogP contribution < -0.4 is 5.32 Å². The third-order valence-corrected chi connectivity index (χ3v) is 7.86. The van der Waals surface area contributed by atoms with Crippen LogP contribution in [0.15, 0.2) is 36.7 Å². The second kappa shape index (κ2) is 12.3. The number of hydrogen-bond donors (Lipinski definition) is 1. The Morgan fingerprint density at radius 1 is 1.19 bits per heavy atom. The van der Waals surface area contributed by atoms with Crippen LogP contribution in [-0.2, 0) is 16.1 Å². The first-order valence-corrected chi connectivity index (χ1v) is 14.4. The summed E-state index contributed by atoms with van der Waals surface area (Å²) >= 11 is 0. The number of carbonyl (C=O) groups excluding carboxylic acids is 1. The quantitative estimate of drug-likeness (QED) is 0.271. The van der Waals surface area contributed by atoms with E-state index in [1.165, 1.54) is 6.07 Å². The maximum Gasteiger partial charge on any atom is 0.229 e. The van der Waals surface area contributed by atoms with Crippen molar-refractivity contribution in [1.82, 2.24) is 34.3 Å². The Balaban J connectivity index is 0.00000442. The zero-order valence-corrected chi connectivity index (χ0v) is 25.5. The van der Waals surface area contributed by atoms with Gasteiger partial charge in [0.1, 0.15) is 22.9 Å². The Kier molecular flexibility index (Phi) is 8.70. The van der Waals surface area contributed by atoms with Crippen LogP contribution in [0.5, 0.6) is 0 Å². The van der Waals surface area contributed by atoms with Crippen molar-refractivity contribution < 1.29 is 19.7 Å². The molecule has 12 heteroatoms. The number of pyridine rings is 1. The van der Waals surface area contributed by atoms with Crippen LogP contribution in [0.25, 0.3) is 22.3 Å². The molecule has 0 unspecified atom stereocenters. The van der Waals surface area contributed by atoms with E-state index in [4.69, 9.17) is 4.74 Å². The number of ether oxygens (including phenoxy) is 1. The van der Waals surface area contributed by atoms with Gasteiger partial charge in [0.15, 0.2) is 11.6 Å². The van der Waals surface area contributed by atoms with Gasteiger partial charge in [-0.1, -0.05) is 6.07 Å². The number of anilines is 2. The number of aromatic nitrogens is 5. The third-order valence-electron chi connectivity index (χ3n) is 7.86. The summed E-state index contributed by atoms with van der Waals surface area (Å²) in [6.45, 7) is 12.9. The maximum atomic E-state index is 15.0. The fourth-order valence-electron chi connectivity index (χ4n) is 5.52. The van der Waals surface area contributed by atoms with E-state index in [2.05, 4.69) is 37.1 Å². The standard InChI is InChI=1S/C31H38F2N8O2.H2/c1-19(2)41-20(3)36-29-24(32)13-23(14-26(29)41)28-25(33)16-35-30(38-28)37-27-8-7-22(15-34-27)17-40-11-12-43-31(5,18-40)9-10-39(6)21(4)42;/h7-8,13-16,19H,9-12,17-18H2,1-6H3,(H,34,35,37,38);1H/t31-;/m1./s1. The molecule has 1 aromatic carbocycles. The summed E-state index contributed by atoms with van der Waals surface area (Å²) in [5.41, 5.74) is 1.79.